The smallest absolute Gasteiger partial charge is 0.244 e. The Labute approximate surface area is 120 Å². The van der Waals surface area contributed by atoms with Crippen LogP contribution in [0.5, 0.6) is 0 Å². The fourth-order valence-electron chi connectivity index (χ4n) is 1.65. The molecule has 1 aromatic rings. The Morgan fingerprint density at radius 2 is 1.95 bits per heavy atom. The molecule has 1 amide bonds. The highest BCUT2D eigenvalue weighted by atomic mass is 32.2. The van der Waals surface area contributed by atoms with Crippen LogP contribution in [0.3, 0.4) is 0 Å². The summed E-state index contributed by atoms with van der Waals surface area (Å²) in [7, 11) is -4.32. The summed E-state index contributed by atoms with van der Waals surface area (Å²) in [6.07, 6.45) is 1.71. The molecule has 0 bridgehead atoms. The minimum atomic E-state index is -4.32. The molecular weight excluding hydrogens is 304 g/mol. The number of anilines is 1. The van der Waals surface area contributed by atoms with Gasteiger partial charge in [-0.3, -0.25) is 4.79 Å². The summed E-state index contributed by atoms with van der Waals surface area (Å²) in [5.41, 5.74) is 4.74. The molecule has 0 radical (unpaired) electrons. The van der Waals surface area contributed by atoms with Gasteiger partial charge in [0, 0.05) is 12.1 Å². The molecule has 116 valence electrons. The van der Waals surface area contributed by atoms with E-state index in [1.165, 1.54) is 6.92 Å². The van der Waals surface area contributed by atoms with Crippen LogP contribution in [0.1, 0.15) is 19.8 Å². The number of nitrogen functional groups attached to an aromatic ring is 1. The van der Waals surface area contributed by atoms with Crippen molar-refractivity contribution in [1.29, 1.82) is 0 Å². The van der Waals surface area contributed by atoms with Gasteiger partial charge < -0.3 is 11.1 Å². The average Bonchev–Trinajstić information content (AvgIpc) is 3.16. The van der Waals surface area contributed by atoms with Gasteiger partial charge >= 0.3 is 0 Å². The molecule has 1 fully saturated rings. The second-order valence-electron chi connectivity index (χ2n) is 4.93. The van der Waals surface area contributed by atoms with Crippen LogP contribution in [0.2, 0.25) is 0 Å². The molecule has 0 aliphatic heterocycles. The van der Waals surface area contributed by atoms with Crippen LogP contribution < -0.4 is 15.8 Å². The van der Waals surface area contributed by atoms with Gasteiger partial charge in [0.05, 0.1) is 11.7 Å². The van der Waals surface area contributed by atoms with Crippen molar-refractivity contribution in [2.45, 2.75) is 36.7 Å². The second-order valence-corrected chi connectivity index (χ2v) is 6.61. The van der Waals surface area contributed by atoms with Crippen LogP contribution in [-0.2, 0) is 14.8 Å². The van der Waals surface area contributed by atoms with Gasteiger partial charge in [0.25, 0.3) is 0 Å². The van der Waals surface area contributed by atoms with Crippen LogP contribution in [0, 0.1) is 11.6 Å². The zero-order chi connectivity index (χ0) is 15.8. The summed E-state index contributed by atoms with van der Waals surface area (Å²) in [5.74, 6) is -2.83. The minimum absolute atomic E-state index is 0.0719. The molecule has 0 saturated heterocycles. The number of benzene rings is 1. The van der Waals surface area contributed by atoms with E-state index in [0.29, 0.717) is 12.1 Å². The van der Waals surface area contributed by atoms with Crippen molar-refractivity contribution >= 4 is 21.6 Å². The third-order valence-electron chi connectivity index (χ3n) is 2.99. The van der Waals surface area contributed by atoms with Crippen molar-refractivity contribution in [1.82, 2.24) is 10.0 Å². The molecule has 21 heavy (non-hydrogen) atoms. The summed E-state index contributed by atoms with van der Waals surface area (Å²) in [6, 6.07) is 0.0566. The van der Waals surface area contributed by atoms with E-state index in [2.05, 4.69) is 5.32 Å². The van der Waals surface area contributed by atoms with Crippen LogP contribution in [0.15, 0.2) is 17.0 Å². The number of hydrogen-bond acceptors (Lipinski definition) is 4. The molecule has 1 aliphatic carbocycles. The molecule has 1 atom stereocenters. The Balaban J connectivity index is 2.17. The first-order valence-corrected chi connectivity index (χ1v) is 7.76. The molecule has 1 unspecified atom stereocenters. The first kappa shape index (κ1) is 15.6. The van der Waals surface area contributed by atoms with E-state index in [1.807, 2.05) is 4.72 Å². The highest BCUT2D eigenvalue weighted by molar-refractivity contribution is 7.89. The predicted octanol–water partition coefficient (Wildman–Crippen LogP) is 0.492. The largest absolute Gasteiger partial charge is 0.396 e. The fraction of sp³-hybridized carbons (Fsp3) is 0.417. The van der Waals surface area contributed by atoms with Gasteiger partial charge in [-0.2, -0.15) is 4.72 Å². The quantitative estimate of drug-likeness (QED) is 0.688. The Morgan fingerprint density at radius 3 is 2.52 bits per heavy atom. The SMILES string of the molecule is CC(NS(=O)(=O)c1cc(N)c(F)cc1F)C(=O)NC1CC1. The van der Waals surface area contributed by atoms with Crippen LogP contribution in [-0.4, -0.2) is 26.4 Å². The maximum Gasteiger partial charge on any atom is 0.244 e. The molecule has 4 N–H and O–H groups in total. The summed E-state index contributed by atoms with van der Waals surface area (Å²) < 4.78 is 52.7. The van der Waals surface area contributed by atoms with E-state index >= 15 is 0 Å². The number of amides is 1. The molecule has 0 heterocycles. The lowest BCUT2D eigenvalue weighted by atomic mass is 10.3. The highest BCUT2D eigenvalue weighted by Gasteiger charge is 2.29. The molecule has 6 nitrogen and oxygen atoms in total. The lowest BCUT2D eigenvalue weighted by Gasteiger charge is -2.15. The van der Waals surface area contributed by atoms with Gasteiger partial charge in [0.2, 0.25) is 15.9 Å². The summed E-state index contributed by atoms with van der Waals surface area (Å²) in [6.45, 7) is 1.33. The molecule has 1 saturated carbocycles. The third-order valence-corrected chi connectivity index (χ3v) is 4.55. The summed E-state index contributed by atoms with van der Waals surface area (Å²) in [4.78, 5) is 10.9. The number of carbonyl (C=O) groups excluding carboxylic acids is 1. The number of nitrogens with two attached hydrogens (primary N) is 1. The van der Waals surface area contributed by atoms with E-state index in [9.17, 15) is 22.0 Å². The zero-order valence-corrected chi connectivity index (χ0v) is 12.0. The molecule has 2 rings (SSSR count). The van der Waals surface area contributed by atoms with Crippen LogP contribution >= 0.6 is 0 Å². The van der Waals surface area contributed by atoms with E-state index in [1.54, 1.807) is 0 Å². The first-order valence-electron chi connectivity index (χ1n) is 6.28. The Kier molecular flexibility index (Phi) is 4.15. The number of halogens is 2. The van der Waals surface area contributed by atoms with Crippen molar-refractivity contribution in [3.63, 3.8) is 0 Å². The maximum absolute atomic E-state index is 13.6. The first-order chi connectivity index (χ1) is 9.70. The van der Waals surface area contributed by atoms with Crippen molar-refractivity contribution in [2.75, 3.05) is 5.73 Å². The number of hydrogen-bond donors (Lipinski definition) is 3. The third kappa shape index (κ3) is 3.67. The van der Waals surface area contributed by atoms with E-state index in [4.69, 9.17) is 5.73 Å². The van der Waals surface area contributed by atoms with Gasteiger partial charge in [-0.25, -0.2) is 17.2 Å². The summed E-state index contributed by atoms with van der Waals surface area (Å²) in [5, 5.41) is 2.62. The Bertz CT molecular complexity index is 675. The molecule has 1 aromatic carbocycles. The lowest BCUT2D eigenvalue weighted by molar-refractivity contribution is -0.122. The Hall–Kier alpha value is -1.74. The molecule has 0 spiro atoms. The standard InChI is InChI=1S/C12H15F2N3O3S/c1-6(12(18)16-7-2-3-7)17-21(19,20)11-5-10(15)8(13)4-9(11)14/h4-7,17H,2-3,15H2,1H3,(H,16,18). The fourth-order valence-corrected chi connectivity index (χ4v) is 2.95. The van der Waals surface area contributed by atoms with Crippen molar-refractivity contribution in [2.24, 2.45) is 0 Å². The number of carbonyl (C=O) groups is 1. The minimum Gasteiger partial charge on any atom is -0.396 e. The van der Waals surface area contributed by atoms with Crippen LogP contribution in [0.4, 0.5) is 14.5 Å². The summed E-state index contributed by atoms with van der Waals surface area (Å²) >= 11 is 0. The van der Waals surface area contributed by atoms with E-state index in [-0.39, 0.29) is 6.04 Å². The molecule has 1 aliphatic rings. The number of sulfonamides is 1. The maximum atomic E-state index is 13.6. The van der Waals surface area contributed by atoms with Crippen molar-refractivity contribution in [3.05, 3.63) is 23.8 Å². The molecule has 9 heteroatoms. The van der Waals surface area contributed by atoms with Gasteiger partial charge in [-0.15, -0.1) is 0 Å². The topological polar surface area (TPSA) is 101 Å². The normalized spacial score (nSPS) is 16.5. The molecule has 0 aromatic heterocycles. The van der Waals surface area contributed by atoms with Gasteiger partial charge in [-0.1, -0.05) is 0 Å². The van der Waals surface area contributed by atoms with E-state index < -0.39 is 44.2 Å². The average molecular weight is 319 g/mol. The van der Waals surface area contributed by atoms with Crippen molar-refractivity contribution < 1.29 is 22.0 Å². The van der Waals surface area contributed by atoms with Gasteiger partial charge in [0.1, 0.15) is 16.5 Å². The monoisotopic (exact) mass is 319 g/mol. The van der Waals surface area contributed by atoms with E-state index in [0.717, 1.165) is 12.8 Å². The zero-order valence-electron chi connectivity index (χ0n) is 11.2. The van der Waals surface area contributed by atoms with Crippen molar-refractivity contribution in [3.8, 4) is 0 Å². The van der Waals surface area contributed by atoms with Gasteiger partial charge in [-0.05, 0) is 25.8 Å². The highest BCUT2D eigenvalue weighted by Crippen LogP contribution is 2.21. The molecular formula is C12H15F2N3O3S. The number of rotatable bonds is 5. The Morgan fingerprint density at radius 1 is 1.33 bits per heavy atom. The lowest BCUT2D eigenvalue weighted by Crippen LogP contribution is -2.45. The predicted molar refractivity (Wildman–Crippen MR) is 71.7 cm³/mol. The van der Waals surface area contributed by atoms with Gasteiger partial charge in [0.15, 0.2) is 0 Å². The van der Waals surface area contributed by atoms with Crippen LogP contribution in [0.25, 0.3) is 0 Å². The number of nitrogens with one attached hydrogen (secondary N) is 2. The second kappa shape index (κ2) is 5.57.